The van der Waals surface area contributed by atoms with E-state index in [9.17, 15) is 5.11 Å². The van der Waals surface area contributed by atoms with E-state index in [1.165, 1.54) is 0 Å². The molecule has 1 aromatic rings. The van der Waals surface area contributed by atoms with E-state index in [0.29, 0.717) is 11.3 Å². The summed E-state index contributed by atoms with van der Waals surface area (Å²) in [4.78, 5) is 0. The average Bonchev–Trinajstić information content (AvgIpc) is 2.28. The SMILES string of the molecule is COc1ccccc1C(C)(O)C(C)(C)C#N. The quantitative estimate of drug-likeness (QED) is 0.849. The van der Waals surface area contributed by atoms with E-state index >= 15 is 0 Å². The molecule has 0 spiro atoms. The van der Waals surface area contributed by atoms with Crippen molar-refractivity contribution in [3.63, 3.8) is 0 Å². The number of nitriles is 1. The third-order valence-electron chi connectivity index (χ3n) is 3.13. The Bertz CT molecular complexity index is 416. The Kier molecular flexibility index (Phi) is 3.25. The molecule has 1 aromatic carbocycles. The van der Waals surface area contributed by atoms with Crippen LogP contribution in [0.5, 0.6) is 5.75 Å². The van der Waals surface area contributed by atoms with Crippen LogP contribution in [0.2, 0.25) is 0 Å². The molecule has 1 unspecified atom stereocenters. The van der Waals surface area contributed by atoms with Gasteiger partial charge in [0.05, 0.1) is 18.6 Å². The van der Waals surface area contributed by atoms with Crippen molar-refractivity contribution >= 4 is 0 Å². The lowest BCUT2D eigenvalue weighted by Gasteiger charge is -2.35. The molecule has 0 aliphatic carbocycles. The van der Waals surface area contributed by atoms with Gasteiger partial charge in [-0.1, -0.05) is 18.2 Å². The molecular weight excluding hydrogens is 202 g/mol. The number of nitrogens with zero attached hydrogens (tertiary/aromatic N) is 1. The first kappa shape index (κ1) is 12.5. The van der Waals surface area contributed by atoms with Gasteiger partial charge in [-0.3, -0.25) is 0 Å². The number of hydrogen-bond donors (Lipinski definition) is 1. The van der Waals surface area contributed by atoms with Crippen LogP contribution in [-0.2, 0) is 5.60 Å². The van der Waals surface area contributed by atoms with E-state index in [-0.39, 0.29) is 0 Å². The second-order valence-electron chi connectivity index (χ2n) is 4.51. The molecule has 0 aliphatic heterocycles. The highest BCUT2D eigenvalue weighted by molar-refractivity contribution is 5.39. The molecule has 3 nitrogen and oxygen atoms in total. The molecule has 3 heteroatoms. The molecule has 0 saturated carbocycles. The standard InChI is InChI=1S/C13H17NO2/c1-12(2,9-14)13(3,15)10-7-5-6-8-11(10)16-4/h5-8,15H,1-4H3. The molecule has 0 radical (unpaired) electrons. The van der Waals surface area contributed by atoms with E-state index < -0.39 is 11.0 Å². The molecule has 0 bridgehead atoms. The van der Waals surface area contributed by atoms with Crippen LogP contribution >= 0.6 is 0 Å². The minimum atomic E-state index is -1.26. The number of methoxy groups -OCH3 is 1. The van der Waals surface area contributed by atoms with Crippen molar-refractivity contribution in [2.45, 2.75) is 26.4 Å². The lowest BCUT2D eigenvalue weighted by Crippen LogP contribution is -2.38. The van der Waals surface area contributed by atoms with Crippen LogP contribution in [0, 0.1) is 16.7 Å². The van der Waals surface area contributed by atoms with E-state index in [0.717, 1.165) is 0 Å². The van der Waals surface area contributed by atoms with Gasteiger partial charge in [0, 0.05) is 5.56 Å². The van der Waals surface area contributed by atoms with Gasteiger partial charge >= 0.3 is 0 Å². The molecule has 0 fully saturated rings. The molecule has 0 heterocycles. The first-order chi connectivity index (χ1) is 7.36. The highest BCUT2D eigenvalue weighted by Gasteiger charge is 2.42. The highest BCUT2D eigenvalue weighted by Crippen LogP contribution is 2.42. The van der Waals surface area contributed by atoms with Crippen LogP contribution in [0.15, 0.2) is 24.3 Å². The Morgan fingerprint density at radius 2 is 1.81 bits per heavy atom. The Labute approximate surface area is 96.3 Å². The van der Waals surface area contributed by atoms with E-state index in [1.807, 2.05) is 12.1 Å². The summed E-state index contributed by atoms with van der Waals surface area (Å²) >= 11 is 0. The summed E-state index contributed by atoms with van der Waals surface area (Å²) in [5.74, 6) is 0.593. The van der Waals surface area contributed by atoms with Gasteiger partial charge in [-0.25, -0.2) is 0 Å². The zero-order valence-corrected chi connectivity index (χ0v) is 10.1. The fourth-order valence-corrected chi connectivity index (χ4v) is 1.49. The minimum Gasteiger partial charge on any atom is -0.496 e. The van der Waals surface area contributed by atoms with Crippen molar-refractivity contribution in [3.8, 4) is 11.8 Å². The summed E-state index contributed by atoms with van der Waals surface area (Å²) in [6.45, 7) is 5.05. The minimum absolute atomic E-state index is 0.593. The highest BCUT2D eigenvalue weighted by atomic mass is 16.5. The fraction of sp³-hybridized carbons (Fsp3) is 0.462. The van der Waals surface area contributed by atoms with Crippen LogP contribution in [0.25, 0.3) is 0 Å². The molecule has 0 aliphatic rings. The molecule has 0 amide bonds. The first-order valence-corrected chi connectivity index (χ1v) is 5.14. The maximum absolute atomic E-state index is 10.5. The van der Waals surface area contributed by atoms with Crippen LogP contribution in [0.4, 0.5) is 0 Å². The number of para-hydroxylation sites is 1. The van der Waals surface area contributed by atoms with Crippen molar-refractivity contribution in [1.29, 1.82) is 5.26 Å². The summed E-state index contributed by atoms with van der Waals surface area (Å²) in [7, 11) is 1.55. The largest absolute Gasteiger partial charge is 0.496 e. The van der Waals surface area contributed by atoms with Crippen LogP contribution in [-0.4, -0.2) is 12.2 Å². The lowest BCUT2D eigenvalue weighted by molar-refractivity contribution is -0.0284. The van der Waals surface area contributed by atoms with Crippen LogP contribution < -0.4 is 4.74 Å². The molecule has 1 rings (SSSR count). The zero-order valence-electron chi connectivity index (χ0n) is 10.1. The predicted molar refractivity (Wildman–Crippen MR) is 62.0 cm³/mol. The Hall–Kier alpha value is -1.53. The maximum Gasteiger partial charge on any atom is 0.124 e. The summed E-state index contributed by atoms with van der Waals surface area (Å²) in [5, 5.41) is 19.6. The van der Waals surface area contributed by atoms with Crippen molar-refractivity contribution in [1.82, 2.24) is 0 Å². The molecule has 16 heavy (non-hydrogen) atoms. The lowest BCUT2D eigenvalue weighted by atomic mass is 9.73. The third kappa shape index (κ3) is 1.89. The second kappa shape index (κ2) is 4.15. The Balaban J connectivity index is 3.33. The van der Waals surface area contributed by atoms with Gasteiger partial charge in [0.15, 0.2) is 0 Å². The van der Waals surface area contributed by atoms with Gasteiger partial charge in [-0.05, 0) is 26.8 Å². The number of benzene rings is 1. The molecular formula is C13H17NO2. The monoisotopic (exact) mass is 219 g/mol. The van der Waals surface area contributed by atoms with Gasteiger partial charge in [-0.2, -0.15) is 5.26 Å². The van der Waals surface area contributed by atoms with E-state index in [1.54, 1.807) is 40.0 Å². The molecule has 1 atom stereocenters. The summed E-state index contributed by atoms with van der Waals surface area (Å²) < 4.78 is 5.20. The maximum atomic E-state index is 10.5. The van der Waals surface area contributed by atoms with Crippen molar-refractivity contribution in [2.75, 3.05) is 7.11 Å². The van der Waals surface area contributed by atoms with E-state index in [4.69, 9.17) is 10.00 Å². The van der Waals surface area contributed by atoms with Crippen molar-refractivity contribution in [2.24, 2.45) is 5.41 Å². The van der Waals surface area contributed by atoms with Crippen LogP contribution in [0.1, 0.15) is 26.3 Å². The second-order valence-corrected chi connectivity index (χ2v) is 4.51. The smallest absolute Gasteiger partial charge is 0.124 e. The predicted octanol–water partition coefficient (Wildman–Crippen LogP) is 2.45. The molecule has 1 N–H and O–H groups in total. The third-order valence-corrected chi connectivity index (χ3v) is 3.13. The number of rotatable bonds is 3. The van der Waals surface area contributed by atoms with Gasteiger partial charge in [0.2, 0.25) is 0 Å². The number of hydrogen-bond acceptors (Lipinski definition) is 3. The topological polar surface area (TPSA) is 53.2 Å². The van der Waals surface area contributed by atoms with Gasteiger partial charge in [0.25, 0.3) is 0 Å². The summed E-state index contributed by atoms with van der Waals surface area (Å²) in [6, 6.07) is 9.33. The van der Waals surface area contributed by atoms with E-state index in [2.05, 4.69) is 6.07 Å². The molecule has 0 aromatic heterocycles. The van der Waals surface area contributed by atoms with Gasteiger partial charge < -0.3 is 9.84 Å². The normalized spacial score (nSPS) is 15.0. The van der Waals surface area contributed by atoms with Crippen molar-refractivity contribution in [3.05, 3.63) is 29.8 Å². The summed E-state index contributed by atoms with van der Waals surface area (Å²) in [5.41, 5.74) is -1.51. The molecule has 0 saturated heterocycles. The average molecular weight is 219 g/mol. The van der Waals surface area contributed by atoms with Crippen molar-refractivity contribution < 1.29 is 9.84 Å². The number of aliphatic hydroxyl groups is 1. The zero-order chi connectivity index (χ0) is 12.4. The van der Waals surface area contributed by atoms with Gasteiger partial charge in [0.1, 0.15) is 11.4 Å². The Morgan fingerprint density at radius 3 is 2.31 bits per heavy atom. The fourth-order valence-electron chi connectivity index (χ4n) is 1.49. The van der Waals surface area contributed by atoms with Gasteiger partial charge in [-0.15, -0.1) is 0 Å². The first-order valence-electron chi connectivity index (χ1n) is 5.14. The Morgan fingerprint density at radius 1 is 1.25 bits per heavy atom. The number of ether oxygens (including phenoxy) is 1. The van der Waals surface area contributed by atoms with Crippen LogP contribution in [0.3, 0.4) is 0 Å². The molecule has 86 valence electrons. The summed E-state index contributed by atoms with van der Waals surface area (Å²) in [6.07, 6.45) is 0.